The number of aromatic nitrogens is 2. The van der Waals surface area contributed by atoms with E-state index >= 15 is 0 Å². The van der Waals surface area contributed by atoms with Crippen molar-refractivity contribution >= 4 is 39.8 Å². The van der Waals surface area contributed by atoms with Crippen LogP contribution in [-0.4, -0.2) is 51.7 Å². The monoisotopic (exact) mass is 559 g/mol. The summed E-state index contributed by atoms with van der Waals surface area (Å²) in [5.41, 5.74) is 4.04. The van der Waals surface area contributed by atoms with Crippen LogP contribution >= 0.6 is 0 Å². The Morgan fingerprint density at radius 1 is 0.925 bits per heavy atom. The van der Waals surface area contributed by atoms with Crippen LogP contribution in [0, 0.1) is 5.82 Å². The molecule has 0 saturated carbocycles. The summed E-state index contributed by atoms with van der Waals surface area (Å²) in [6.45, 7) is 2.38. The predicted molar refractivity (Wildman–Crippen MR) is 160 cm³/mol. The number of hydrogen-bond acceptors (Lipinski definition) is 7. The molecule has 0 amide bonds. The average Bonchev–Trinajstić information content (AvgIpc) is 2.98. The van der Waals surface area contributed by atoms with Gasteiger partial charge in [0.1, 0.15) is 22.6 Å². The molecule has 4 aromatic rings. The molecule has 1 atom stereocenters. The Labute approximate surface area is 237 Å². The highest BCUT2D eigenvalue weighted by Crippen LogP contribution is 2.23. The second-order valence-electron chi connectivity index (χ2n) is 9.90. The highest BCUT2D eigenvalue weighted by molar-refractivity contribution is 7.82. The van der Waals surface area contributed by atoms with Crippen LogP contribution < -0.4 is 20.9 Å². The first-order valence-electron chi connectivity index (χ1n) is 13.3. The molecule has 1 aliphatic rings. The summed E-state index contributed by atoms with van der Waals surface area (Å²) in [5, 5.41) is 10.0. The topological polar surface area (TPSA) is 85.4 Å². The number of para-hydroxylation sites is 1. The first kappa shape index (κ1) is 27.7. The van der Waals surface area contributed by atoms with Crippen molar-refractivity contribution in [2.24, 2.45) is 0 Å². The first-order valence-corrected chi connectivity index (χ1v) is 14.4. The van der Waals surface area contributed by atoms with E-state index in [0.29, 0.717) is 17.8 Å². The Balaban J connectivity index is 1.11. The van der Waals surface area contributed by atoms with Crippen molar-refractivity contribution in [1.29, 1.82) is 0 Å². The molecule has 8 nitrogen and oxygen atoms in total. The van der Waals surface area contributed by atoms with Gasteiger partial charge in [-0.2, -0.15) is 4.98 Å². The first-order chi connectivity index (χ1) is 19.4. The van der Waals surface area contributed by atoms with Crippen molar-refractivity contribution in [2.45, 2.75) is 30.3 Å². The maximum absolute atomic E-state index is 13.2. The van der Waals surface area contributed by atoms with E-state index in [-0.39, 0.29) is 5.82 Å². The van der Waals surface area contributed by atoms with Gasteiger partial charge in [-0.1, -0.05) is 18.2 Å². The van der Waals surface area contributed by atoms with Gasteiger partial charge < -0.3 is 20.9 Å². The smallest absolute Gasteiger partial charge is 0.229 e. The lowest BCUT2D eigenvalue weighted by molar-refractivity contribution is 0.299. The number of hydrogen-bond donors (Lipinski definition) is 3. The van der Waals surface area contributed by atoms with E-state index in [1.165, 1.54) is 23.4 Å². The van der Waals surface area contributed by atoms with Crippen molar-refractivity contribution in [3.63, 3.8) is 0 Å². The van der Waals surface area contributed by atoms with Gasteiger partial charge in [0.15, 0.2) is 0 Å². The molecule has 0 aliphatic carbocycles. The van der Waals surface area contributed by atoms with E-state index in [1.54, 1.807) is 24.4 Å². The highest BCUT2D eigenvalue weighted by atomic mass is 32.2. The van der Waals surface area contributed by atoms with Crippen molar-refractivity contribution in [2.75, 3.05) is 42.7 Å². The predicted octanol–water partition coefficient (Wildman–Crippen LogP) is 5.45. The van der Waals surface area contributed by atoms with Crippen LogP contribution in [0.5, 0.6) is 0 Å². The summed E-state index contributed by atoms with van der Waals surface area (Å²) in [6.07, 6.45) is 3.55. The Bertz CT molecular complexity index is 1420. The second kappa shape index (κ2) is 13.0. The molecular formula is C30H34FN7OS. The number of nitrogens with one attached hydrogen (secondary N) is 3. The van der Waals surface area contributed by atoms with E-state index in [2.05, 4.69) is 69.2 Å². The van der Waals surface area contributed by atoms with E-state index in [9.17, 15) is 8.60 Å². The second-order valence-corrected chi connectivity index (χ2v) is 11.4. The van der Waals surface area contributed by atoms with Gasteiger partial charge in [0.25, 0.3) is 0 Å². The maximum atomic E-state index is 13.2. The number of halogens is 1. The molecule has 5 rings (SSSR count). The molecule has 1 saturated heterocycles. The Morgan fingerprint density at radius 2 is 1.60 bits per heavy atom. The fourth-order valence-electron chi connectivity index (χ4n) is 4.68. The Morgan fingerprint density at radius 3 is 2.33 bits per heavy atom. The zero-order valence-corrected chi connectivity index (χ0v) is 23.5. The molecule has 1 fully saturated rings. The molecule has 3 N–H and O–H groups in total. The largest absolute Gasteiger partial charge is 0.377 e. The van der Waals surface area contributed by atoms with Crippen LogP contribution in [0.15, 0.2) is 90.0 Å². The van der Waals surface area contributed by atoms with Crippen LogP contribution in [0.25, 0.3) is 0 Å². The minimum Gasteiger partial charge on any atom is -0.377 e. The van der Waals surface area contributed by atoms with Gasteiger partial charge in [0.2, 0.25) is 5.95 Å². The SMILES string of the molecule is CN(C)c1ccccc1CNC1CCN(S(=O)c2ccc(Nc3nccc(Nc4ccc(F)cc4)n3)cc2)CC1. The molecule has 208 valence electrons. The molecule has 2 heterocycles. The third-order valence-electron chi connectivity index (χ3n) is 6.83. The molecule has 1 aliphatic heterocycles. The van der Waals surface area contributed by atoms with Crippen LogP contribution in [0.1, 0.15) is 18.4 Å². The highest BCUT2D eigenvalue weighted by Gasteiger charge is 2.23. The molecule has 3 aromatic carbocycles. The average molecular weight is 560 g/mol. The summed E-state index contributed by atoms with van der Waals surface area (Å²) in [7, 11) is 2.92. The van der Waals surface area contributed by atoms with Crippen LogP contribution in [-0.2, 0) is 17.5 Å². The number of benzene rings is 3. The summed E-state index contributed by atoms with van der Waals surface area (Å²) in [5.74, 6) is 0.713. The summed E-state index contributed by atoms with van der Waals surface area (Å²) in [6, 6.07) is 24.2. The minimum atomic E-state index is -1.21. The third kappa shape index (κ3) is 7.20. The number of anilines is 5. The fourth-order valence-corrected chi connectivity index (χ4v) is 5.89. The van der Waals surface area contributed by atoms with Crippen LogP contribution in [0.3, 0.4) is 0 Å². The quantitative estimate of drug-likeness (QED) is 0.238. The zero-order chi connectivity index (χ0) is 27.9. The van der Waals surface area contributed by atoms with Gasteiger partial charge in [0.05, 0.1) is 4.90 Å². The third-order valence-corrected chi connectivity index (χ3v) is 8.34. The van der Waals surface area contributed by atoms with Crippen molar-refractivity contribution in [3.05, 3.63) is 96.4 Å². The van der Waals surface area contributed by atoms with Crippen molar-refractivity contribution < 1.29 is 8.60 Å². The molecule has 1 unspecified atom stereocenters. The van der Waals surface area contributed by atoms with E-state index in [4.69, 9.17) is 0 Å². The maximum Gasteiger partial charge on any atom is 0.229 e. The Kier molecular flexibility index (Phi) is 9.00. The van der Waals surface area contributed by atoms with Crippen molar-refractivity contribution in [1.82, 2.24) is 19.6 Å². The van der Waals surface area contributed by atoms with Crippen molar-refractivity contribution in [3.8, 4) is 0 Å². The summed E-state index contributed by atoms with van der Waals surface area (Å²) < 4.78 is 28.4. The van der Waals surface area contributed by atoms with E-state index < -0.39 is 11.0 Å². The normalized spacial score (nSPS) is 15.0. The number of rotatable bonds is 10. The van der Waals surface area contributed by atoms with Gasteiger partial charge in [0, 0.05) is 63.0 Å². The lowest BCUT2D eigenvalue weighted by Crippen LogP contribution is -2.42. The molecular weight excluding hydrogens is 525 g/mol. The Hall–Kier alpha value is -3.86. The molecule has 0 spiro atoms. The zero-order valence-electron chi connectivity index (χ0n) is 22.7. The molecule has 10 heteroatoms. The van der Waals surface area contributed by atoms with E-state index in [1.807, 2.05) is 28.6 Å². The lowest BCUT2D eigenvalue weighted by atomic mass is 10.1. The van der Waals surface area contributed by atoms with Crippen LogP contribution in [0.4, 0.5) is 33.2 Å². The molecule has 1 aromatic heterocycles. The van der Waals surface area contributed by atoms with Gasteiger partial charge >= 0.3 is 0 Å². The number of piperidine rings is 1. The standard InChI is InChI=1S/C30H34FN7OS/c1-37(2)28-6-4-3-5-22(28)21-33-24-16-19-38(20-17-24)40(39)27-13-11-26(12-14-27)35-30-32-18-15-29(36-30)34-25-9-7-23(31)8-10-25/h3-15,18,24,33H,16-17,19-21H2,1-2H3,(H2,32,34,35,36). The molecule has 0 bridgehead atoms. The van der Waals surface area contributed by atoms with E-state index in [0.717, 1.165) is 48.7 Å². The number of nitrogens with zero attached hydrogens (tertiary/aromatic N) is 4. The van der Waals surface area contributed by atoms with Gasteiger partial charge in [-0.05, 0) is 79.1 Å². The molecule has 40 heavy (non-hydrogen) atoms. The lowest BCUT2D eigenvalue weighted by Gasteiger charge is -2.31. The van der Waals surface area contributed by atoms with Crippen LogP contribution in [0.2, 0.25) is 0 Å². The molecule has 0 radical (unpaired) electrons. The van der Waals surface area contributed by atoms with Gasteiger partial charge in [-0.15, -0.1) is 0 Å². The minimum absolute atomic E-state index is 0.292. The van der Waals surface area contributed by atoms with Gasteiger partial charge in [-0.3, -0.25) is 0 Å². The fraction of sp³-hybridized carbons (Fsp3) is 0.267. The van der Waals surface area contributed by atoms with Gasteiger partial charge in [-0.25, -0.2) is 17.9 Å². The summed E-state index contributed by atoms with van der Waals surface area (Å²) >= 11 is 0. The summed E-state index contributed by atoms with van der Waals surface area (Å²) in [4.78, 5) is 11.7.